The molecule has 0 N–H and O–H groups in total. The van der Waals surface area contributed by atoms with Gasteiger partial charge in [-0.1, -0.05) is 12.1 Å². The number of benzene rings is 2. The number of piperidine rings is 1. The SMILES string of the molecule is CN1CCC(N2C(=O)S/C(=C\c3ccc4c(cnn4Cc4ccc(C(F)(F)F)cc4C(F)(F)F)c3)C2=O)[C@@H](F)C1. The maximum atomic E-state index is 14.6. The minimum atomic E-state index is -5.01. The summed E-state index contributed by atoms with van der Waals surface area (Å²) in [6.07, 6.45) is -8.13. The molecule has 5 rings (SSSR count). The van der Waals surface area contributed by atoms with E-state index in [1.807, 2.05) is 0 Å². The van der Waals surface area contributed by atoms with Gasteiger partial charge in [-0.3, -0.25) is 19.2 Å². The van der Waals surface area contributed by atoms with Gasteiger partial charge >= 0.3 is 12.4 Å². The summed E-state index contributed by atoms with van der Waals surface area (Å²) in [6.45, 7) is 0.224. The summed E-state index contributed by atoms with van der Waals surface area (Å²) in [5.74, 6) is -0.593. The number of carbonyl (C=O) groups is 2. The number of amides is 2. The van der Waals surface area contributed by atoms with Crippen LogP contribution in [-0.4, -0.2) is 63.1 Å². The first kappa shape index (κ1) is 28.1. The minimum Gasteiger partial charge on any atom is -0.303 e. The number of nitrogens with zero attached hydrogens (tertiary/aromatic N) is 4. The maximum Gasteiger partial charge on any atom is 0.416 e. The van der Waals surface area contributed by atoms with E-state index < -0.39 is 53.4 Å². The van der Waals surface area contributed by atoms with E-state index in [-0.39, 0.29) is 23.1 Å². The van der Waals surface area contributed by atoms with Crippen molar-refractivity contribution in [2.75, 3.05) is 20.1 Å². The largest absolute Gasteiger partial charge is 0.416 e. The summed E-state index contributed by atoms with van der Waals surface area (Å²) in [4.78, 5) is 28.4. The normalized spacial score (nSPS) is 22.2. The van der Waals surface area contributed by atoms with Crippen LogP contribution >= 0.6 is 11.8 Å². The lowest BCUT2D eigenvalue weighted by Crippen LogP contribution is -2.52. The van der Waals surface area contributed by atoms with Crippen molar-refractivity contribution in [3.63, 3.8) is 0 Å². The van der Waals surface area contributed by atoms with Crippen LogP contribution in [0.1, 0.15) is 28.7 Å². The van der Waals surface area contributed by atoms with Crippen LogP contribution in [0.25, 0.3) is 17.0 Å². The molecule has 0 radical (unpaired) electrons. The van der Waals surface area contributed by atoms with Crippen molar-refractivity contribution in [2.45, 2.75) is 37.5 Å². The number of thioether (sulfide) groups is 1. The van der Waals surface area contributed by atoms with Gasteiger partial charge in [-0.05, 0) is 66.7 Å². The van der Waals surface area contributed by atoms with Gasteiger partial charge < -0.3 is 4.90 Å². The Bertz CT molecular complexity index is 1510. The van der Waals surface area contributed by atoms with Crippen molar-refractivity contribution in [1.29, 1.82) is 0 Å². The molecule has 2 saturated heterocycles. The predicted octanol–water partition coefficient (Wildman–Crippen LogP) is 6.20. The van der Waals surface area contributed by atoms with Crippen LogP contribution in [0, 0.1) is 0 Å². The van der Waals surface area contributed by atoms with E-state index in [4.69, 9.17) is 0 Å². The van der Waals surface area contributed by atoms with Crippen LogP contribution < -0.4 is 0 Å². The molecule has 2 fully saturated rings. The fourth-order valence-corrected chi connectivity index (χ4v) is 5.77. The van der Waals surface area contributed by atoms with E-state index >= 15 is 0 Å². The molecule has 3 aromatic rings. The molecule has 2 aliphatic heterocycles. The summed E-state index contributed by atoms with van der Waals surface area (Å²) < 4.78 is 95.5. The highest BCUT2D eigenvalue weighted by Crippen LogP contribution is 2.39. The van der Waals surface area contributed by atoms with Gasteiger partial charge in [0.05, 0.1) is 40.3 Å². The van der Waals surface area contributed by atoms with Gasteiger partial charge in [-0.25, -0.2) is 4.39 Å². The summed E-state index contributed by atoms with van der Waals surface area (Å²) >= 11 is 0.703. The predicted molar refractivity (Wildman–Crippen MR) is 134 cm³/mol. The number of halogens is 7. The molecule has 2 aromatic carbocycles. The first-order valence-electron chi connectivity index (χ1n) is 12.0. The molecule has 212 valence electrons. The maximum absolute atomic E-state index is 14.6. The van der Waals surface area contributed by atoms with Gasteiger partial charge in [0.2, 0.25) is 0 Å². The van der Waals surface area contributed by atoms with E-state index in [0.29, 0.717) is 47.3 Å². The molecule has 0 bridgehead atoms. The molecule has 0 aliphatic carbocycles. The van der Waals surface area contributed by atoms with E-state index in [2.05, 4.69) is 5.10 Å². The second-order valence-corrected chi connectivity index (χ2v) is 10.7. The van der Waals surface area contributed by atoms with Crippen LogP contribution in [-0.2, 0) is 23.7 Å². The summed E-state index contributed by atoms with van der Waals surface area (Å²) in [5.41, 5.74) is -2.28. The molecule has 0 spiro atoms. The van der Waals surface area contributed by atoms with Gasteiger partial charge in [0.1, 0.15) is 6.17 Å². The Kier molecular flexibility index (Phi) is 7.19. The minimum absolute atomic E-state index is 0.0862. The van der Waals surface area contributed by atoms with Crippen LogP contribution in [0.15, 0.2) is 47.5 Å². The Hall–Kier alpha value is -3.39. The monoisotopic (exact) mass is 586 g/mol. The van der Waals surface area contributed by atoms with E-state index in [9.17, 15) is 40.3 Å². The third kappa shape index (κ3) is 5.46. The quantitative estimate of drug-likeness (QED) is 0.269. The molecule has 6 nitrogen and oxygen atoms in total. The Morgan fingerprint density at radius 3 is 2.48 bits per heavy atom. The van der Waals surface area contributed by atoms with Crippen molar-refractivity contribution >= 4 is 39.9 Å². The van der Waals surface area contributed by atoms with Crippen molar-refractivity contribution in [2.24, 2.45) is 0 Å². The number of likely N-dealkylation sites (tertiary alicyclic amines) is 1. The smallest absolute Gasteiger partial charge is 0.303 e. The van der Waals surface area contributed by atoms with Crippen molar-refractivity contribution in [1.82, 2.24) is 19.6 Å². The zero-order valence-corrected chi connectivity index (χ0v) is 21.6. The van der Waals surface area contributed by atoms with Crippen molar-refractivity contribution in [3.8, 4) is 0 Å². The van der Waals surface area contributed by atoms with E-state index in [1.165, 1.54) is 17.0 Å². The lowest BCUT2D eigenvalue weighted by Gasteiger charge is -2.36. The number of hydrogen-bond donors (Lipinski definition) is 0. The molecule has 40 heavy (non-hydrogen) atoms. The molecule has 14 heteroatoms. The third-order valence-electron chi connectivity index (χ3n) is 6.89. The molecule has 2 amide bonds. The number of fused-ring (bicyclic) bond motifs is 1. The summed E-state index contributed by atoms with van der Waals surface area (Å²) in [7, 11) is 1.76. The van der Waals surface area contributed by atoms with Gasteiger partial charge in [0.15, 0.2) is 0 Å². The molecule has 3 heterocycles. The number of aromatic nitrogens is 2. The van der Waals surface area contributed by atoms with E-state index in [0.717, 1.165) is 11.0 Å². The Balaban J connectivity index is 1.39. The van der Waals surface area contributed by atoms with Crippen LogP contribution in [0.2, 0.25) is 0 Å². The number of alkyl halides is 7. The second-order valence-electron chi connectivity index (χ2n) is 9.67. The van der Waals surface area contributed by atoms with Crippen LogP contribution in [0.4, 0.5) is 35.5 Å². The first-order valence-corrected chi connectivity index (χ1v) is 12.9. The number of hydrogen-bond acceptors (Lipinski definition) is 5. The third-order valence-corrected chi connectivity index (χ3v) is 7.78. The van der Waals surface area contributed by atoms with Gasteiger partial charge in [0.25, 0.3) is 11.1 Å². The Morgan fingerprint density at radius 1 is 1.05 bits per heavy atom. The van der Waals surface area contributed by atoms with Gasteiger partial charge in [-0.15, -0.1) is 0 Å². The topological polar surface area (TPSA) is 58.4 Å². The first-order chi connectivity index (χ1) is 18.7. The molecular weight excluding hydrogens is 565 g/mol. The molecular formula is C26H21F7N4O2S. The fraction of sp³-hybridized carbons (Fsp3) is 0.346. The van der Waals surface area contributed by atoms with Crippen molar-refractivity contribution < 1.29 is 40.3 Å². The molecule has 1 aromatic heterocycles. The van der Waals surface area contributed by atoms with Crippen LogP contribution in [0.3, 0.4) is 0 Å². The lowest BCUT2D eigenvalue weighted by atomic mass is 10.0. The average molecular weight is 587 g/mol. The number of rotatable bonds is 4. The average Bonchev–Trinajstić information content (AvgIpc) is 3.37. The summed E-state index contributed by atoms with van der Waals surface area (Å²) in [6, 6.07) is 5.35. The highest BCUT2D eigenvalue weighted by Gasteiger charge is 2.44. The Labute approximate surface area is 227 Å². The summed E-state index contributed by atoms with van der Waals surface area (Å²) in [5, 5.41) is 4.04. The Morgan fingerprint density at radius 2 is 1.80 bits per heavy atom. The standard InChI is InChI=1S/C26H21F7N4O2S/c1-35-7-6-21(19(27)13-35)37-23(38)22(40-24(37)39)9-14-2-5-20-16(8-14)11-34-36(20)12-15-3-4-17(25(28,29)30)10-18(15)26(31,32)33/h2-5,8-11,19,21H,6-7,12-13H2,1H3/b22-9-/t19-,21?/m0/s1. The number of imide groups is 1. The molecule has 2 aliphatic rings. The molecule has 2 atom stereocenters. The fourth-order valence-electron chi connectivity index (χ4n) is 4.89. The van der Waals surface area contributed by atoms with Crippen molar-refractivity contribution in [3.05, 3.63) is 69.8 Å². The van der Waals surface area contributed by atoms with Gasteiger partial charge in [0, 0.05) is 18.5 Å². The molecule has 1 unspecified atom stereocenters. The lowest BCUT2D eigenvalue weighted by molar-refractivity contribution is -0.143. The van der Waals surface area contributed by atoms with E-state index in [1.54, 1.807) is 30.1 Å². The zero-order chi connectivity index (χ0) is 29.0. The van der Waals surface area contributed by atoms with Gasteiger partial charge in [-0.2, -0.15) is 31.4 Å². The zero-order valence-electron chi connectivity index (χ0n) is 20.8. The molecule has 0 saturated carbocycles. The van der Waals surface area contributed by atoms with Crippen LogP contribution in [0.5, 0.6) is 0 Å². The number of carbonyl (C=O) groups excluding carboxylic acids is 2. The second kappa shape index (κ2) is 10.2. The highest BCUT2D eigenvalue weighted by molar-refractivity contribution is 8.18. The highest BCUT2D eigenvalue weighted by atomic mass is 32.2.